The van der Waals surface area contributed by atoms with Crippen molar-refractivity contribution < 1.29 is 23.8 Å². The Bertz CT molecular complexity index is 849. The van der Waals surface area contributed by atoms with E-state index in [0.717, 1.165) is 17.7 Å². The van der Waals surface area contributed by atoms with Crippen LogP contribution >= 0.6 is 0 Å². The van der Waals surface area contributed by atoms with Gasteiger partial charge in [-0.15, -0.1) is 0 Å². The lowest BCUT2D eigenvalue weighted by Crippen LogP contribution is -2.31. The molecule has 29 heavy (non-hydrogen) atoms. The molecule has 0 fully saturated rings. The van der Waals surface area contributed by atoms with Gasteiger partial charge in [0, 0.05) is 17.3 Å². The molecule has 0 bridgehead atoms. The quantitative estimate of drug-likeness (QED) is 0.635. The molecule has 0 radical (unpaired) electrons. The summed E-state index contributed by atoms with van der Waals surface area (Å²) in [5.74, 6) is 0.599. The zero-order valence-electron chi connectivity index (χ0n) is 17.7. The van der Waals surface area contributed by atoms with Gasteiger partial charge in [-0.1, -0.05) is 38.1 Å². The average Bonchev–Trinajstić information content (AvgIpc) is 2.73. The first-order valence-electron chi connectivity index (χ1n) is 9.69. The number of benzene rings is 2. The van der Waals surface area contributed by atoms with Crippen molar-refractivity contribution >= 4 is 17.6 Å². The Hall–Kier alpha value is -3.02. The van der Waals surface area contributed by atoms with E-state index in [9.17, 15) is 9.59 Å². The number of esters is 1. The van der Waals surface area contributed by atoms with E-state index in [1.54, 1.807) is 32.2 Å². The minimum atomic E-state index is -0.920. The molecule has 6 heteroatoms. The number of ether oxygens (including phenoxy) is 3. The number of para-hydroxylation sites is 1. The lowest BCUT2D eigenvalue weighted by atomic mass is 9.97. The van der Waals surface area contributed by atoms with Crippen molar-refractivity contribution in [2.45, 2.75) is 45.6 Å². The summed E-state index contributed by atoms with van der Waals surface area (Å²) >= 11 is 0. The summed E-state index contributed by atoms with van der Waals surface area (Å²) < 4.78 is 15.8. The van der Waals surface area contributed by atoms with Gasteiger partial charge in [0.15, 0.2) is 6.10 Å². The minimum absolute atomic E-state index is 0.00571. The average molecular weight is 399 g/mol. The van der Waals surface area contributed by atoms with Crippen LogP contribution in [0.2, 0.25) is 0 Å². The molecule has 0 spiro atoms. The molecule has 0 aliphatic heterocycles. The summed E-state index contributed by atoms with van der Waals surface area (Å²) in [6, 6.07) is 12.9. The van der Waals surface area contributed by atoms with Crippen LogP contribution in [0.1, 0.15) is 44.2 Å². The summed E-state index contributed by atoms with van der Waals surface area (Å²) in [5, 5.41) is 2.87. The first-order valence-corrected chi connectivity index (χ1v) is 9.69. The number of anilines is 1. The number of carbonyl (C=O) groups excluding carboxylic acids is 2. The summed E-state index contributed by atoms with van der Waals surface area (Å²) in [7, 11) is 3.08. The zero-order chi connectivity index (χ0) is 21.4. The highest BCUT2D eigenvalue weighted by Gasteiger charge is 2.21. The lowest BCUT2D eigenvalue weighted by Gasteiger charge is -2.18. The van der Waals surface area contributed by atoms with Crippen molar-refractivity contribution in [3.05, 3.63) is 53.6 Å². The molecule has 0 aliphatic rings. The summed E-state index contributed by atoms with van der Waals surface area (Å²) in [5.41, 5.74) is 2.46. The van der Waals surface area contributed by atoms with Crippen LogP contribution in [0, 0.1) is 0 Å². The Morgan fingerprint density at radius 3 is 2.41 bits per heavy atom. The van der Waals surface area contributed by atoms with Crippen LogP contribution in [-0.4, -0.2) is 32.2 Å². The number of carbonyl (C=O) groups is 2. The van der Waals surface area contributed by atoms with Crippen molar-refractivity contribution in [3.63, 3.8) is 0 Å². The minimum Gasteiger partial charge on any atom is -0.497 e. The van der Waals surface area contributed by atoms with Gasteiger partial charge in [0.1, 0.15) is 11.5 Å². The number of nitrogens with one attached hydrogen (secondary N) is 1. The Labute approximate surface area is 172 Å². The van der Waals surface area contributed by atoms with Gasteiger partial charge in [0.25, 0.3) is 5.91 Å². The molecule has 1 N–H and O–H groups in total. The highest BCUT2D eigenvalue weighted by Crippen LogP contribution is 2.27. The topological polar surface area (TPSA) is 73.9 Å². The van der Waals surface area contributed by atoms with Crippen molar-refractivity contribution in [1.29, 1.82) is 0 Å². The SMILES string of the molecule is CCC(C)c1ccccc1NC(=O)C(C)OC(=O)Cc1ccc(OC)cc1OC. The first kappa shape index (κ1) is 22.3. The Morgan fingerprint density at radius 2 is 1.76 bits per heavy atom. The van der Waals surface area contributed by atoms with E-state index in [1.807, 2.05) is 24.3 Å². The fourth-order valence-electron chi connectivity index (χ4n) is 2.94. The maximum absolute atomic E-state index is 12.5. The van der Waals surface area contributed by atoms with Crippen LogP contribution in [0.15, 0.2) is 42.5 Å². The van der Waals surface area contributed by atoms with Crippen LogP contribution in [0.5, 0.6) is 11.5 Å². The second kappa shape index (κ2) is 10.5. The van der Waals surface area contributed by atoms with E-state index >= 15 is 0 Å². The van der Waals surface area contributed by atoms with E-state index in [1.165, 1.54) is 7.11 Å². The molecule has 0 saturated carbocycles. The zero-order valence-corrected chi connectivity index (χ0v) is 17.7. The highest BCUT2D eigenvalue weighted by atomic mass is 16.5. The molecular formula is C23H29NO5. The molecule has 2 aromatic rings. The van der Waals surface area contributed by atoms with Gasteiger partial charge in [-0.3, -0.25) is 9.59 Å². The molecule has 0 aromatic heterocycles. The molecule has 2 atom stereocenters. The molecule has 0 aliphatic carbocycles. The third-order valence-electron chi connectivity index (χ3n) is 4.87. The number of methoxy groups -OCH3 is 2. The van der Waals surface area contributed by atoms with Crippen molar-refractivity contribution in [1.82, 2.24) is 0 Å². The highest BCUT2D eigenvalue weighted by molar-refractivity contribution is 5.95. The standard InChI is InChI=1S/C23H29NO5/c1-6-15(2)19-9-7-8-10-20(19)24-23(26)16(3)29-22(25)13-17-11-12-18(27-4)14-21(17)28-5/h7-12,14-16H,6,13H2,1-5H3,(H,24,26). The van der Waals surface area contributed by atoms with E-state index in [2.05, 4.69) is 19.2 Å². The van der Waals surface area contributed by atoms with Gasteiger partial charge in [0.05, 0.1) is 20.6 Å². The molecule has 156 valence electrons. The fourth-order valence-corrected chi connectivity index (χ4v) is 2.94. The van der Waals surface area contributed by atoms with Gasteiger partial charge in [-0.05, 0) is 37.0 Å². The number of rotatable bonds is 9. The third kappa shape index (κ3) is 5.98. The molecule has 2 unspecified atom stereocenters. The normalized spacial score (nSPS) is 12.6. The van der Waals surface area contributed by atoms with Gasteiger partial charge in [-0.2, -0.15) is 0 Å². The van der Waals surface area contributed by atoms with E-state index in [0.29, 0.717) is 23.0 Å². The second-order valence-corrected chi connectivity index (χ2v) is 6.87. The van der Waals surface area contributed by atoms with E-state index < -0.39 is 12.1 Å². The second-order valence-electron chi connectivity index (χ2n) is 6.87. The van der Waals surface area contributed by atoms with Gasteiger partial charge < -0.3 is 19.5 Å². The van der Waals surface area contributed by atoms with Crippen molar-refractivity contribution in [2.75, 3.05) is 19.5 Å². The summed E-state index contributed by atoms with van der Waals surface area (Å²) in [4.78, 5) is 24.9. The van der Waals surface area contributed by atoms with E-state index in [-0.39, 0.29) is 12.3 Å². The number of amides is 1. The third-order valence-corrected chi connectivity index (χ3v) is 4.87. The van der Waals surface area contributed by atoms with E-state index in [4.69, 9.17) is 14.2 Å². The predicted molar refractivity (Wildman–Crippen MR) is 113 cm³/mol. The lowest BCUT2D eigenvalue weighted by molar-refractivity contribution is -0.152. The Kier molecular flexibility index (Phi) is 8.07. The largest absolute Gasteiger partial charge is 0.497 e. The fraction of sp³-hybridized carbons (Fsp3) is 0.391. The van der Waals surface area contributed by atoms with Crippen molar-refractivity contribution in [2.24, 2.45) is 0 Å². The molecular weight excluding hydrogens is 370 g/mol. The monoisotopic (exact) mass is 399 g/mol. The molecule has 2 aromatic carbocycles. The molecule has 0 heterocycles. The summed E-state index contributed by atoms with van der Waals surface area (Å²) in [6.07, 6.45) is 0.0340. The van der Waals surface area contributed by atoms with Crippen LogP contribution < -0.4 is 14.8 Å². The number of hydrogen-bond donors (Lipinski definition) is 1. The van der Waals surface area contributed by atoms with Gasteiger partial charge >= 0.3 is 5.97 Å². The molecule has 1 amide bonds. The predicted octanol–water partition coefficient (Wildman–Crippen LogP) is 4.33. The maximum atomic E-state index is 12.5. The molecule has 0 saturated heterocycles. The number of hydrogen-bond acceptors (Lipinski definition) is 5. The summed E-state index contributed by atoms with van der Waals surface area (Å²) in [6.45, 7) is 5.77. The maximum Gasteiger partial charge on any atom is 0.311 e. The van der Waals surface area contributed by atoms with Gasteiger partial charge in [0.2, 0.25) is 0 Å². The van der Waals surface area contributed by atoms with Crippen LogP contribution in [0.3, 0.4) is 0 Å². The smallest absolute Gasteiger partial charge is 0.311 e. The van der Waals surface area contributed by atoms with Gasteiger partial charge in [-0.25, -0.2) is 0 Å². The van der Waals surface area contributed by atoms with Crippen LogP contribution in [-0.2, 0) is 20.7 Å². The van der Waals surface area contributed by atoms with Crippen molar-refractivity contribution in [3.8, 4) is 11.5 Å². The molecule has 6 nitrogen and oxygen atoms in total. The van der Waals surface area contributed by atoms with Crippen LogP contribution in [0.4, 0.5) is 5.69 Å². The van der Waals surface area contributed by atoms with Crippen LogP contribution in [0.25, 0.3) is 0 Å². The molecule has 2 rings (SSSR count). The Balaban J connectivity index is 2.01. The Morgan fingerprint density at radius 1 is 1.03 bits per heavy atom. The first-order chi connectivity index (χ1) is 13.9.